The monoisotopic (exact) mass is 441 g/mol. The zero-order chi connectivity index (χ0) is 23.1. The van der Waals surface area contributed by atoms with Crippen LogP contribution in [0.2, 0.25) is 0 Å². The number of carbonyl (C=O) groups excluding carboxylic acids is 1. The van der Waals surface area contributed by atoms with Crippen molar-refractivity contribution in [3.63, 3.8) is 0 Å². The number of likely N-dealkylation sites (N-methyl/N-ethyl adjacent to an activating group) is 1. The average Bonchev–Trinajstić information content (AvgIpc) is 3.21. The van der Waals surface area contributed by atoms with Crippen LogP contribution in [0.15, 0.2) is 24.3 Å². The summed E-state index contributed by atoms with van der Waals surface area (Å²) in [6.45, 7) is 3.27. The highest BCUT2D eigenvalue weighted by Crippen LogP contribution is 2.38. The predicted octanol–water partition coefficient (Wildman–Crippen LogP) is 2.55. The molecular formula is C25H27N7O. The summed E-state index contributed by atoms with van der Waals surface area (Å²) in [5.74, 6) is 1.22. The van der Waals surface area contributed by atoms with Gasteiger partial charge in [-0.25, -0.2) is 4.98 Å². The van der Waals surface area contributed by atoms with Gasteiger partial charge in [0.05, 0.1) is 29.2 Å². The number of anilines is 1. The highest BCUT2D eigenvalue weighted by molar-refractivity contribution is 5.86. The highest BCUT2D eigenvalue weighted by Gasteiger charge is 2.32. The Morgan fingerprint density at radius 3 is 2.61 bits per heavy atom. The van der Waals surface area contributed by atoms with E-state index >= 15 is 0 Å². The van der Waals surface area contributed by atoms with E-state index in [9.17, 15) is 15.3 Å². The van der Waals surface area contributed by atoms with Crippen LogP contribution in [0.3, 0.4) is 0 Å². The Morgan fingerprint density at radius 2 is 1.91 bits per heavy atom. The number of rotatable bonds is 3. The van der Waals surface area contributed by atoms with Crippen LogP contribution in [0.4, 0.5) is 5.82 Å². The van der Waals surface area contributed by atoms with Gasteiger partial charge in [-0.2, -0.15) is 10.5 Å². The summed E-state index contributed by atoms with van der Waals surface area (Å²) in [6.07, 6.45) is 2.35. The van der Waals surface area contributed by atoms with Gasteiger partial charge in [0.2, 0.25) is 5.91 Å². The molecule has 1 fully saturated rings. The smallest absolute Gasteiger partial charge is 0.236 e. The van der Waals surface area contributed by atoms with E-state index in [0.717, 1.165) is 60.5 Å². The molecule has 1 aromatic carbocycles. The third-order valence-electron chi connectivity index (χ3n) is 6.94. The Bertz CT molecular complexity index is 1320. The maximum Gasteiger partial charge on any atom is 0.236 e. The highest BCUT2D eigenvalue weighted by atomic mass is 16.2. The number of nitrogens with zero attached hydrogens (tertiary/aromatic N) is 7. The number of amides is 1. The van der Waals surface area contributed by atoms with E-state index in [4.69, 9.17) is 4.98 Å². The molecule has 8 nitrogen and oxygen atoms in total. The molecule has 0 radical (unpaired) electrons. The van der Waals surface area contributed by atoms with Crippen LogP contribution >= 0.6 is 0 Å². The van der Waals surface area contributed by atoms with E-state index in [-0.39, 0.29) is 11.8 Å². The summed E-state index contributed by atoms with van der Waals surface area (Å²) >= 11 is 0. The van der Waals surface area contributed by atoms with Gasteiger partial charge in [-0.1, -0.05) is 12.1 Å². The van der Waals surface area contributed by atoms with Crippen LogP contribution in [0.1, 0.15) is 29.5 Å². The molecule has 1 saturated heterocycles. The van der Waals surface area contributed by atoms with Gasteiger partial charge in [0, 0.05) is 51.8 Å². The van der Waals surface area contributed by atoms with Crippen molar-refractivity contribution in [1.29, 1.82) is 10.5 Å². The van der Waals surface area contributed by atoms with Crippen molar-refractivity contribution in [2.45, 2.75) is 25.8 Å². The Kier molecular flexibility index (Phi) is 5.39. The molecule has 0 atom stereocenters. The number of pyridine rings is 1. The largest absolute Gasteiger partial charge is 0.357 e. The minimum Gasteiger partial charge on any atom is -0.357 e. The summed E-state index contributed by atoms with van der Waals surface area (Å²) in [5.41, 5.74) is 5.33. The van der Waals surface area contributed by atoms with Crippen molar-refractivity contribution in [3.05, 3.63) is 41.0 Å². The molecule has 5 rings (SSSR count). The Labute approximate surface area is 193 Å². The van der Waals surface area contributed by atoms with Crippen LogP contribution in [-0.4, -0.2) is 65.4 Å². The number of hydrogen-bond donors (Lipinski definition) is 0. The topological polar surface area (TPSA) is 91.7 Å². The second-order valence-corrected chi connectivity index (χ2v) is 9.17. The standard InChI is InChI=1S/C25H27N7O/c1-29(2)23(33)16-30-10-9-18-19(14-27)24-28-21-5-3-4-6-22(21)32(24)25(20(18)15-30)31-11-7-17(13-26)8-12-31/h3-6,17H,7-12,15-16H2,1-2H3. The van der Waals surface area contributed by atoms with Gasteiger partial charge in [-0.05, 0) is 37.0 Å². The molecule has 1 amide bonds. The number of hydrogen-bond acceptors (Lipinski definition) is 6. The van der Waals surface area contributed by atoms with Crippen LogP contribution in [0.25, 0.3) is 16.7 Å². The SMILES string of the molecule is CN(C)C(=O)CN1CCc2c(c(N3CCC(C#N)CC3)n3c(nc4ccccc43)c2C#N)C1. The molecule has 4 heterocycles. The number of para-hydroxylation sites is 2. The normalized spacial score (nSPS) is 17.0. The minimum atomic E-state index is 0.0736. The van der Waals surface area contributed by atoms with E-state index in [1.165, 1.54) is 0 Å². The summed E-state index contributed by atoms with van der Waals surface area (Å²) in [4.78, 5) is 23.4. The first kappa shape index (κ1) is 21.2. The third-order valence-corrected chi connectivity index (χ3v) is 6.94. The summed E-state index contributed by atoms with van der Waals surface area (Å²) < 4.78 is 2.14. The molecular weight excluding hydrogens is 414 g/mol. The quantitative estimate of drug-likeness (QED) is 0.620. The van der Waals surface area contributed by atoms with Gasteiger partial charge in [0.1, 0.15) is 11.9 Å². The van der Waals surface area contributed by atoms with Gasteiger partial charge >= 0.3 is 0 Å². The van der Waals surface area contributed by atoms with Crippen molar-refractivity contribution in [1.82, 2.24) is 19.2 Å². The fourth-order valence-corrected chi connectivity index (χ4v) is 5.12. The molecule has 0 bridgehead atoms. The lowest BCUT2D eigenvalue weighted by molar-refractivity contribution is -0.130. The lowest BCUT2D eigenvalue weighted by atomic mass is 9.93. The molecule has 168 valence electrons. The fraction of sp³-hybridized carbons (Fsp3) is 0.440. The zero-order valence-corrected chi connectivity index (χ0v) is 19.1. The molecule has 0 spiro atoms. The third kappa shape index (κ3) is 3.57. The first-order chi connectivity index (χ1) is 16.0. The number of fused-ring (bicyclic) bond motifs is 4. The number of benzene rings is 1. The Balaban J connectivity index is 1.71. The second-order valence-electron chi connectivity index (χ2n) is 9.17. The second kappa shape index (κ2) is 8.38. The van der Waals surface area contributed by atoms with E-state index in [1.807, 2.05) is 24.3 Å². The summed E-state index contributed by atoms with van der Waals surface area (Å²) in [6, 6.07) is 12.8. The van der Waals surface area contributed by atoms with Crippen LogP contribution in [-0.2, 0) is 17.8 Å². The first-order valence-corrected chi connectivity index (χ1v) is 11.4. The Morgan fingerprint density at radius 1 is 1.15 bits per heavy atom. The molecule has 3 aromatic rings. The van der Waals surface area contributed by atoms with Gasteiger partial charge in [-0.3, -0.25) is 14.1 Å². The molecule has 33 heavy (non-hydrogen) atoms. The zero-order valence-electron chi connectivity index (χ0n) is 19.1. The van der Waals surface area contributed by atoms with Crippen molar-refractivity contribution in [2.75, 3.05) is 45.2 Å². The van der Waals surface area contributed by atoms with Gasteiger partial charge < -0.3 is 9.80 Å². The van der Waals surface area contributed by atoms with Crippen LogP contribution in [0.5, 0.6) is 0 Å². The molecule has 0 aliphatic carbocycles. The Hall–Kier alpha value is -3.62. The predicted molar refractivity (Wildman–Crippen MR) is 126 cm³/mol. The van der Waals surface area contributed by atoms with Gasteiger partial charge in [0.25, 0.3) is 0 Å². The van der Waals surface area contributed by atoms with Gasteiger partial charge in [-0.15, -0.1) is 0 Å². The summed E-state index contributed by atoms with van der Waals surface area (Å²) in [5, 5.41) is 19.5. The van der Waals surface area contributed by atoms with E-state index in [0.29, 0.717) is 30.7 Å². The average molecular weight is 442 g/mol. The number of nitriles is 2. The molecule has 2 aliphatic rings. The minimum absolute atomic E-state index is 0.0736. The summed E-state index contributed by atoms with van der Waals surface area (Å²) in [7, 11) is 3.56. The van der Waals surface area contributed by atoms with Crippen molar-refractivity contribution in [3.8, 4) is 12.1 Å². The van der Waals surface area contributed by atoms with Crippen molar-refractivity contribution < 1.29 is 4.79 Å². The maximum atomic E-state index is 12.4. The molecule has 0 saturated carbocycles. The lowest BCUT2D eigenvalue weighted by Gasteiger charge is -2.37. The molecule has 0 unspecified atom stereocenters. The first-order valence-electron chi connectivity index (χ1n) is 11.4. The number of aromatic nitrogens is 2. The number of piperidine rings is 1. The molecule has 2 aromatic heterocycles. The van der Waals surface area contributed by atoms with Crippen LogP contribution in [0, 0.1) is 28.6 Å². The van der Waals surface area contributed by atoms with Gasteiger partial charge in [0.15, 0.2) is 5.65 Å². The van der Waals surface area contributed by atoms with Crippen LogP contribution < -0.4 is 4.90 Å². The van der Waals surface area contributed by atoms with E-state index in [1.54, 1.807) is 19.0 Å². The number of carbonyl (C=O) groups is 1. The van der Waals surface area contributed by atoms with Crippen molar-refractivity contribution in [2.24, 2.45) is 5.92 Å². The molecule has 0 N–H and O–H groups in total. The molecule has 2 aliphatic heterocycles. The van der Waals surface area contributed by atoms with E-state index in [2.05, 4.69) is 26.3 Å². The molecule has 8 heteroatoms. The van der Waals surface area contributed by atoms with Crippen molar-refractivity contribution >= 4 is 28.4 Å². The lowest BCUT2D eigenvalue weighted by Crippen LogP contribution is -2.41. The van der Waals surface area contributed by atoms with E-state index < -0.39 is 0 Å². The number of imidazole rings is 1. The maximum absolute atomic E-state index is 12.4. The fourth-order valence-electron chi connectivity index (χ4n) is 5.12.